The number of phenols is 2. The molecule has 0 unspecified atom stereocenters. The number of phenolic OH excluding ortho intramolecular Hbond substituents is 2. The fraction of sp³-hybridized carbons (Fsp3) is 0.533. The second-order valence-electron chi connectivity index (χ2n) is 18.3. The minimum absolute atomic E-state index is 0.0234. The summed E-state index contributed by atoms with van der Waals surface area (Å²) in [6, 6.07) is 5.99. The van der Waals surface area contributed by atoms with Crippen LogP contribution in [0.25, 0.3) is 0 Å². The van der Waals surface area contributed by atoms with Crippen molar-refractivity contribution in [1.82, 2.24) is 9.80 Å². The van der Waals surface area contributed by atoms with Crippen LogP contribution in [-0.4, -0.2) is 89.7 Å². The number of hydrogen-bond donors (Lipinski definition) is 2. The number of ether oxygens (including phenoxy) is 3. The number of esters is 3. The summed E-state index contributed by atoms with van der Waals surface area (Å²) in [4.78, 5) is 74.0. The second kappa shape index (κ2) is 15.7. The molecular formula is C45H60N2O10. The van der Waals surface area contributed by atoms with Gasteiger partial charge in [0, 0.05) is 54.3 Å². The molecule has 2 heterocycles. The van der Waals surface area contributed by atoms with Crippen LogP contribution >= 0.6 is 0 Å². The molecule has 2 aromatic rings. The fourth-order valence-electron chi connectivity index (χ4n) is 9.49. The van der Waals surface area contributed by atoms with Gasteiger partial charge in [-0.25, -0.2) is 14.4 Å². The zero-order valence-corrected chi connectivity index (χ0v) is 35.6. The quantitative estimate of drug-likeness (QED) is 0.111. The molecule has 0 aliphatic carbocycles. The van der Waals surface area contributed by atoms with Gasteiger partial charge in [0.25, 0.3) is 0 Å². The van der Waals surface area contributed by atoms with Crippen LogP contribution in [0.15, 0.2) is 49.6 Å². The van der Waals surface area contributed by atoms with Gasteiger partial charge in [-0.2, -0.15) is 0 Å². The van der Waals surface area contributed by atoms with E-state index in [1.54, 1.807) is 49.6 Å². The van der Waals surface area contributed by atoms with E-state index in [9.17, 15) is 24.6 Å². The van der Waals surface area contributed by atoms with Gasteiger partial charge in [0.05, 0.1) is 5.56 Å². The highest BCUT2D eigenvalue weighted by Gasteiger charge is 2.58. The van der Waals surface area contributed by atoms with Crippen molar-refractivity contribution in [1.29, 1.82) is 0 Å². The number of carbonyl (C=O) groups is 5. The Morgan fingerprint density at radius 1 is 0.649 bits per heavy atom. The molecule has 2 N–H and O–H groups in total. The molecule has 57 heavy (non-hydrogen) atoms. The molecule has 0 aromatic heterocycles. The molecule has 310 valence electrons. The number of piperidine rings is 2. The van der Waals surface area contributed by atoms with Crippen LogP contribution in [0.5, 0.6) is 11.5 Å². The van der Waals surface area contributed by atoms with Gasteiger partial charge in [0.1, 0.15) is 23.7 Å². The van der Waals surface area contributed by atoms with Crippen molar-refractivity contribution in [3.8, 4) is 11.5 Å². The van der Waals surface area contributed by atoms with Crippen molar-refractivity contribution in [3.63, 3.8) is 0 Å². The minimum atomic E-state index is -2.72. The Hall–Kier alpha value is -5.13. The monoisotopic (exact) mass is 788 g/mol. The summed E-state index contributed by atoms with van der Waals surface area (Å²) in [5.74, 6) is -3.95. The largest absolute Gasteiger partial charge is 0.507 e. The number of rotatable bonds is 10. The maximum Gasteiger partial charge on any atom is 0.363 e. The third-order valence-electron chi connectivity index (χ3n) is 11.3. The van der Waals surface area contributed by atoms with Crippen LogP contribution in [0.2, 0.25) is 0 Å². The van der Waals surface area contributed by atoms with E-state index < -0.39 is 64.3 Å². The van der Waals surface area contributed by atoms with Crippen molar-refractivity contribution in [3.05, 3.63) is 83.0 Å². The Kier molecular flexibility index (Phi) is 12.3. The number of nitrogens with zero attached hydrogens (tertiary/aromatic N) is 2. The van der Waals surface area contributed by atoms with Crippen LogP contribution in [0, 0.1) is 27.7 Å². The number of likely N-dealkylation sites (tertiary alicyclic amines) is 2. The van der Waals surface area contributed by atoms with E-state index in [-0.39, 0.29) is 54.6 Å². The van der Waals surface area contributed by atoms with E-state index in [1.165, 1.54) is 24.3 Å². The zero-order valence-electron chi connectivity index (χ0n) is 35.6. The molecule has 2 amide bonds. The average molecular weight is 789 g/mol. The van der Waals surface area contributed by atoms with Crippen molar-refractivity contribution >= 4 is 29.7 Å². The molecule has 0 radical (unpaired) electrons. The van der Waals surface area contributed by atoms with Gasteiger partial charge in [0.2, 0.25) is 11.8 Å². The van der Waals surface area contributed by atoms with Gasteiger partial charge < -0.3 is 34.2 Å². The molecule has 0 atom stereocenters. The molecule has 2 aliphatic heterocycles. The van der Waals surface area contributed by atoms with Crippen LogP contribution in [0.1, 0.15) is 119 Å². The molecule has 0 saturated carbocycles. The number of amides is 2. The average Bonchev–Trinajstić information content (AvgIpc) is 3.06. The van der Waals surface area contributed by atoms with Gasteiger partial charge in [-0.3, -0.25) is 9.59 Å². The molecule has 12 heteroatoms. The number of carbonyl (C=O) groups excluding carboxylic acids is 5. The minimum Gasteiger partial charge on any atom is -0.507 e. The standard InChI is InChI=1S/C45H60N2O10/c1-15-34(48)46-41(7,8)22-32(23-42(46,9)10)55-39(53)45(21-30-17-26(3)36(50)27(4)18-30,57-38(52)31-19-28(5)37(51)29(6)20-31)40(54)56-33-24-43(11,12)47(35(49)16-2)44(13,14)25-33/h15-20,32-33,50-51H,1-2,21-25H2,3-14H3. The topological polar surface area (TPSA) is 160 Å². The summed E-state index contributed by atoms with van der Waals surface area (Å²) in [6.45, 7) is 28.7. The molecule has 2 saturated heterocycles. The fourth-order valence-corrected chi connectivity index (χ4v) is 9.49. The maximum atomic E-state index is 15.1. The van der Waals surface area contributed by atoms with Gasteiger partial charge >= 0.3 is 23.5 Å². The molecule has 2 aliphatic rings. The third-order valence-corrected chi connectivity index (χ3v) is 11.3. The lowest BCUT2D eigenvalue weighted by atomic mass is 9.77. The molecule has 4 rings (SSSR count). The van der Waals surface area contributed by atoms with Gasteiger partial charge in [0.15, 0.2) is 0 Å². The van der Waals surface area contributed by atoms with Crippen molar-refractivity contribution in [2.24, 2.45) is 0 Å². The Balaban J connectivity index is 1.89. The number of aryl methyl sites for hydroxylation is 4. The normalized spacial score (nSPS) is 18.9. The first kappa shape index (κ1) is 44.6. The predicted molar refractivity (Wildman–Crippen MR) is 216 cm³/mol. The summed E-state index contributed by atoms with van der Waals surface area (Å²) in [6.07, 6.45) is 1.04. The molecule has 0 bridgehead atoms. The Morgan fingerprint density at radius 2 is 0.965 bits per heavy atom. The van der Waals surface area contributed by atoms with Gasteiger partial charge in [-0.05, 0) is 135 Å². The van der Waals surface area contributed by atoms with Crippen molar-refractivity contribution in [2.45, 2.75) is 155 Å². The molecule has 2 fully saturated rings. The summed E-state index contributed by atoms with van der Waals surface area (Å²) in [7, 11) is 0. The molecular weight excluding hydrogens is 728 g/mol. The van der Waals surface area contributed by atoms with Crippen LogP contribution in [0.3, 0.4) is 0 Å². The van der Waals surface area contributed by atoms with E-state index in [0.29, 0.717) is 27.8 Å². The lowest BCUT2D eigenvalue weighted by molar-refractivity contribution is -0.199. The van der Waals surface area contributed by atoms with E-state index in [2.05, 4.69) is 13.2 Å². The van der Waals surface area contributed by atoms with E-state index >= 15 is 9.59 Å². The Bertz CT molecular complexity index is 1830. The second-order valence-corrected chi connectivity index (χ2v) is 18.3. The van der Waals surface area contributed by atoms with Crippen LogP contribution in [0.4, 0.5) is 0 Å². The zero-order chi connectivity index (χ0) is 43.2. The summed E-state index contributed by atoms with van der Waals surface area (Å²) in [5, 5.41) is 21.1. The number of aromatic hydroxyl groups is 2. The SMILES string of the molecule is C=CC(=O)N1C(C)(C)CC(OC(=O)C(Cc2cc(C)c(O)c(C)c2)(OC(=O)c2cc(C)c(O)c(C)c2)C(=O)OC2CC(C)(C)N(C(=O)C=C)C(C)(C)C2)CC1(C)C. The first-order valence-electron chi connectivity index (χ1n) is 19.3. The number of hydrogen-bond acceptors (Lipinski definition) is 10. The molecule has 0 spiro atoms. The first-order chi connectivity index (χ1) is 26.1. The first-order valence-corrected chi connectivity index (χ1v) is 19.3. The van der Waals surface area contributed by atoms with Crippen molar-refractivity contribution < 1.29 is 48.4 Å². The smallest absolute Gasteiger partial charge is 0.363 e. The van der Waals surface area contributed by atoms with Gasteiger partial charge in [-0.15, -0.1) is 0 Å². The van der Waals surface area contributed by atoms with Gasteiger partial charge in [-0.1, -0.05) is 25.3 Å². The lowest BCUT2D eigenvalue weighted by Crippen LogP contribution is -2.65. The maximum absolute atomic E-state index is 15.1. The van der Waals surface area contributed by atoms with E-state index in [4.69, 9.17) is 14.2 Å². The van der Waals surface area contributed by atoms with Crippen molar-refractivity contribution in [2.75, 3.05) is 0 Å². The summed E-state index contributed by atoms with van der Waals surface area (Å²) in [5.41, 5.74) is -3.99. The third kappa shape index (κ3) is 8.89. The highest BCUT2D eigenvalue weighted by molar-refractivity contribution is 6.07. The molecule has 12 nitrogen and oxygen atoms in total. The van der Waals surface area contributed by atoms with Crippen LogP contribution < -0.4 is 0 Å². The summed E-state index contributed by atoms with van der Waals surface area (Å²) < 4.78 is 18.7. The Morgan fingerprint density at radius 3 is 1.28 bits per heavy atom. The van der Waals surface area contributed by atoms with E-state index in [0.717, 1.165) is 0 Å². The highest BCUT2D eigenvalue weighted by Crippen LogP contribution is 2.43. The lowest BCUT2D eigenvalue weighted by Gasteiger charge is -2.55. The number of benzene rings is 2. The van der Waals surface area contributed by atoms with E-state index in [1.807, 2.05) is 55.4 Å². The molecule has 2 aromatic carbocycles. The highest BCUT2D eigenvalue weighted by atomic mass is 16.6. The Labute approximate surface area is 336 Å². The summed E-state index contributed by atoms with van der Waals surface area (Å²) >= 11 is 0. The predicted octanol–water partition coefficient (Wildman–Crippen LogP) is 7.02. The van der Waals surface area contributed by atoms with Crippen LogP contribution in [-0.2, 0) is 39.8 Å².